The van der Waals surface area contributed by atoms with E-state index in [1.807, 2.05) is 0 Å². The number of esters is 1. The van der Waals surface area contributed by atoms with Crippen LogP contribution in [0.4, 0.5) is 0 Å². The van der Waals surface area contributed by atoms with Gasteiger partial charge in [-0.3, -0.25) is 15.0 Å². The first-order valence-electron chi connectivity index (χ1n) is 12.8. The highest BCUT2D eigenvalue weighted by Gasteiger charge is 2.43. The Morgan fingerprint density at radius 2 is 2.12 bits per heavy atom. The van der Waals surface area contributed by atoms with Gasteiger partial charge >= 0.3 is 5.97 Å². The average Bonchev–Trinajstić information content (AvgIpc) is 2.78. The topological polar surface area (TPSA) is 131 Å². The van der Waals surface area contributed by atoms with E-state index in [9.17, 15) is 18.0 Å². The second-order valence-corrected chi connectivity index (χ2v) is 11.3. The smallest absolute Gasteiger partial charge is 0.308 e. The lowest BCUT2D eigenvalue weighted by molar-refractivity contribution is -0.144. The van der Waals surface area contributed by atoms with E-state index in [-0.39, 0.29) is 43.1 Å². The van der Waals surface area contributed by atoms with E-state index in [0.29, 0.717) is 18.4 Å². The monoisotopic (exact) mass is 501 g/mol. The van der Waals surface area contributed by atoms with E-state index in [1.54, 1.807) is 31.2 Å². The number of benzene rings is 1. The molecule has 0 spiro atoms. The number of rotatable bonds is 14. The summed E-state index contributed by atoms with van der Waals surface area (Å²) in [5.41, 5.74) is 3.30. The molecule has 1 aromatic carbocycles. The zero-order valence-electron chi connectivity index (χ0n) is 23.1. The summed E-state index contributed by atoms with van der Waals surface area (Å²) in [5, 5.41) is 9.07. The number of amides is 1. The molecule has 1 aromatic rings. The van der Waals surface area contributed by atoms with E-state index in [4.69, 9.17) is 18.7 Å². The Bertz CT molecular complexity index is 1050. The molecule has 3 N–H and O–H groups in total. The molecule has 0 bridgehead atoms. The molecule has 1 amide bonds. The summed E-state index contributed by atoms with van der Waals surface area (Å²) in [6.07, 6.45) is 0.806. The second kappa shape index (κ2) is 12.1. The molecule has 1 unspecified atom stereocenters. The number of hydrazine groups is 1. The fourth-order valence-corrected chi connectivity index (χ4v) is 5.97. The number of aliphatic hydroxyl groups is 1. The minimum absolute atomic E-state index is 0.0746. The van der Waals surface area contributed by atoms with Crippen LogP contribution in [-0.4, -0.2) is 70.9 Å². The van der Waals surface area contributed by atoms with Gasteiger partial charge in [-0.1, -0.05) is 37.6 Å². The minimum atomic E-state index is -3.52. The van der Waals surface area contributed by atoms with E-state index in [2.05, 4.69) is 10.9 Å². The SMILES string of the molecule is [2H]C([2H])([2H])C(CCCC1(CS(=O)(=O)CCO)COC1)(C(=O)NNC)c1cccc(C[C@H](C)C(=O)OC)c1. The van der Waals surface area contributed by atoms with Crippen molar-refractivity contribution < 1.29 is 36.7 Å². The Morgan fingerprint density at radius 1 is 1.38 bits per heavy atom. The van der Waals surface area contributed by atoms with Gasteiger partial charge in [0.2, 0.25) is 5.91 Å². The van der Waals surface area contributed by atoms with Crippen LogP contribution in [-0.2, 0) is 40.7 Å². The summed E-state index contributed by atoms with van der Waals surface area (Å²) in [5.74, 6) is -2.13. The quantitative estimate of drug-likeness (QED) is 0.256. The molecule has 1 fully saturated rings. The minimum Gasteiger partial charge on any atom is -0.469 e. The number of carbonyl (C=O) groups is 2. The predicted octanol–water partition coefficient (Wildman–Crippen LogP) is 1.14. The van der Waals surface area contributed by atoms with Gasteiger partial charge in [0, 0.05) is 16.6 Å². The van der Waals surface area contributed by atoms with Crippen LogP contribution in [0.15, 0.2) is 24.3 Å². The molecule has 0 saturated carbocycles. The van der Waals surface area contributed by atoms with Crippen LogP contribution in [0.1, 0.15) is 48.3 Å². The Labute approximate surface area is 206 Å². The number of carbonyl (C=O) groups excluding carboxylic acids is 2. The third kappa shape index (κ3) is 7.24. The van der Waals surface area contributed by atoms with Gasteiger partial charge in [0.15, 0.2) is 9.84 Å². The van der Waals surface area contributed by atoms with Crippen molar-refractivity contribution in [1.29, 1.82) is 0 Å². The number of hydrogen-bond donors (Lipinski definition) is 3. The van der Waals surface area contributed by atoms with Crippen LogP contribution in [0.2, 0.25) is 0 Å². The van der Waals surface area contributed by atoms with Crippen molar-refractivity contribution in [3.8, 4) is 0 Å². The van der Waals surface area contributed by atoms with Crippen LogP contribution in [0, 0.1) is 11.3 Å². The molecule has 34 heavy (non-hydrogen) atoms. The van der Waals surface area contributed by atoms with Crippen LogP contribution in [0.5, 0.6) is 0 Å². The molecular weight excluding hydrogens is 460 g/mol. The van der Waals surface area contributed by atoms with Gasteiger partial charge in [-0.05, 0) is 37.2 Å². The second-order valence-electron chi connectivity index (χ2n) is 9.10. The Kier molecular flexibility index (Phi) is 8.44. The lowest BCUT2D eigenvalue weighted by atomic mass is 9.74. The van der Waals surface area contributed by atoms with E-state index >= 15 is 0 Å². The summed E-state index contributed by atoms with van der Waals surface area (Å²) < 4.78 is 60.0. The van der Waals surface area contributed by atoms with Gasteiger partial charge in [0.05, 0.1) is 49.8 Å². The molecule has 0 aromatic heterocycles. The fourth-order valence-electron chi connectivity index (χ4n) is 4.31. The molecular formula is C24H38N2O7S. The number of ether oxygens (including phenoxy) is 2. The first-order valence-corrected chi connectivity index (χ1v) is 13.1. The zero-order valence-corrected chi connectivity index (χ0v) is 20.9. The zero-order chi connectivity index (χ0) is 27.9. The Balaban J connectivity index is 2.40. The third-order valence-corrected chi connectivity index (χ3v) is 8.05. The molecule has 1 saturated heterocycles. The highest BCUT2D eigenvalue weighted by molar-refractivity contribution is 7.91. The predicted molar refractivity (Wildman–Crippen MR) is 129 cm³/mol. The van der Waals surface area contributed by atoms with Gasteiger partial charge < -0.3 is 14.6 Å². The molecule has 9 nitrogen and oxygen atoms in total. The molecule has 10 heteroatoms. The lowest BCUT2D eigenvalue weighted by Crippen LogP contribution is -2.49. The first kappa shape index (κ1) is 23.7. The van der Waals surface area contributed by atoms with E-state index in [1.165, 1.54) is 14.2 Å². The maximum absolute atomic E-state index is 13.4. The molecule has 0 radical (unpaired) electrons. The number of hydrogen-bond acceptors (Lipinski definition) is 8. The van der Waals surface area contributed by atoms with Crippen LogP contribution < -0.4 is 10.9 Å². The van der Waals surface area contributed by atoms with Gasteiger partial charge in [-0.15, -0.1) is 0 Å². The molecule has 1 aliphatic heterocycles. The van der Waals surface area contributed by atoms with Gasteiger partial charge in [0.1, 0.15) is 0 Å². The number of aliphatic hydroxyl groups excluding tert-OH is 1. The van der Waals surface area contributed by atoms with Crippen LogP contribution in [0.3, 0.4) is 0 Å². The van der Waals surface area contributed by atoms with Gasteiger partial charge in [0.25, 0.3) is 0 Å². The molecule has 0 aliphatic carbocycles. The van der Waals surface area contributed by atoms with Crippen molar-refractivity contribution in [2.45, 2.75) is 44.9 Å². The average molecular weight is 502 g/mol. The van der Waals surface area contributed by atoms with Crippen LogP contribution >= 0.6 is 0 Å². The molecule has 2 rings (SSSR count). The maximum atomic E-state index is 13.4. The fraction of sp³-hybridized carbons (Fsp3) is 0.667. The Hall–Kier alpha value is -2.01. The van der Waals surface area contributed by atoms with Crippen molar-refractivity contribution in [2.75, 3.05) is 45.5 Å². The van der Waals surface area contributed by atoms with E-state index < -0.39 is 51.9 Å². The van der Waals surface area contributed by atoms with Gasteiger partial charge in [-0.2, -0.15) is 0 Å². The summed E-state index contributed by atoms with van der Waals surface area (Å²) in [6, 6.07) is 6.64. The molecule has 192 valence electrons. The van der Waals surface area contributed by atoms with Crippen molar-refractivity contribution in [3.05, 3.63) is 35.4 Å². The highest BCUT2D eigenvalue weighted by Crippen LogP contribution is 2.38. The normalized spacial score (nSPS) is 19.5. The summed E-state index contributed by atoms with van der Waals surface area (Å²) in [6.45, 7) is -1.10. The largest absolute Gasteiger partial charge is 0.469 e. The Morgan fingerprint density at radius 3 is 2.68 bits per heavy atom. The van der Waals surface area contributed by atoms with Crippen molar-refractivity contribution in [3.63, 3.8) is 0 Å². The van der Waals surface area contributed by atoms with E-state index in [0.717, 1.165) is 0 Å². The van der Waals surface area contributed by atoms with Crippen molar-refractivity contribution >= 4 is 21.7 Å². The number of nitrogens with one attached hydrogen (secondary N) is 2. The van der Waals surface area contributed by atoms with Crippen molar-refractivity contribution in [2.24, 2.45) is 11.3 Å². The lowest BCUT2D eigenvalue weighted by Gasteiger charge is -2.42. The summed E-state index contributed by atoms with van der Waals surface area (Å²) in [4.78, 5) is 25.3. The van der Waals surface area contributed by atoms with Crippen molar-refractivity contribution in [1.82, 2.24) is 10.9 Å². The standard InChI is InChI=1S/C24H38N2O7S/c1-18(21(28)32-4)13-19-7-5-8-20(14-19)23(2,22(29)26-25-3)9-6-10-24(15-33-16-24)17-34(30,31)12-11-27/h5,7-8,14,18,25,27H,6,9-13,15-17H2,1-4H3,(H,26,29)/t18-,23?/m0/s1/i2D3. The molecule has 2 atom stereocenters. The molecule has 1 heterocycles. The van der Waals surface area contributed by atoms with Crippen LogP contribution in [0.25, 0.3) is 0 Å². The first-order chi connectivity index (χ1) is 17.3. The summed E-state index contributed by atoms with van der Waals surface area (Å²) >= 11 is 0. The highest BCUT2D eigenvalue weighted by atomic mass is 32.2. The molecule has 1 aliphatic rings. The maximum Gasteiger partial charge on any atom is 0.308 e. The number of methoxy groups -OCH3 is 1. The third-order valence-electron chi connectivity index (χ3n) is 6.20. The van der Waals surface area contributed by atoms with Gasteiger partial charge in [-0.25, -0.2) is 13.8 Å². The number of sulfone groups is 1. The summed E-state index contributed by atoms with van der Waals surface area (Å²) in [7, 11) is -0.757.